The molecule has 42 heavy (non-hydrogen) atoms. The maximum atomic E-state index is 13.5. The number of benzene rings is 2. The first-order valence-corrected chi connectivity index (χ1v) is 14.9. The van der Waals surface area contributed by atoms with Crippen LogP contribution >= 0.6 is 0 Å². The lowest BCUT2D eigenvalue weighted by Crippen LogP contribution is -2.47. The van der Waals surface area contributed by atoms with Crippen LogP contribution in [0.4, 0.5) is 5.69 Å². The Morgan fingerprint density at radius 1 is 1.19 bits per heavy atom. The van der Waals surface area contributed by atoms with E-state index in [2.05, 4.69) is 41.2 Å². The molecule has 10 nitrogen and oxygen atoms in total. The number of rotatable bonds is 11. The molecule has 1 saturated heterocycles. The van der Waals surface area contributed by atoms with E-state index in [1.165, 1.54) is 0 Å². The summed E-state index contributed by atoms with van der Waals surface area (Å²) in [6, 6.07) is 13.2. The van der Waals surface area contributed by atoms with Crippen LogP contribution in [-0.4, -0.2) is 110 Å². The van der Waals surface area contributed by atoms with Crippen molar-refractivity contribution in [3.05, 3.63) is 53.6 Å². The molecule has 1 fully saturated rings. The van der Waals surface area contributed by atoms with Crippen LogP contribution in [-0.2, 0) is 27.3 Å². The highest BCUT2D eigenvalue weighted by Crippen LogP contribution is 2.29. The molecule has 2 aliphatic heterocycles. The second-order valence-corrected chi connectivity index (χ2v) is 11.5. The van der Waals surface area contributed by atoms with Gasteiger partial charge >= 0.3 is 0 Å². The number of amides is 2. The Balaban J connectivity index is 1.49. The van der Waals surface area contributed by atoms with Crippen LogP contribution in [0.2, 0.25) is 0 Å². The van der Waals surface area contributed by atoms with Gasteiger partial charge in [-0.1, -0.05) is 19.1 Å². The van der Waals surface area contributed by atoms with Gasteiger partial charge in [-0.25, -0.2) is 0 Å². The van der Waals surface area contributed by atoms with Gasteiger partial charge in [-0.05, 0) is 49.9 Å². The van der Waals surface area contributed by atoms with Gasteiger partial charge in [0, 0.05) is 62.9 Å². The summed E-state index contributed by atoms with van der Waals surface area (Å²) in [4.78, 5) is 32.4. The fourth-order valence-corrected chi connectivity index (χ4v) is 5.45. The zero-order valence-corrected chi connectivity index (χ0v) is 25.4. The van der Waals surface area contributed by atoms with Crippen molar-refractivity contribution in [1.29, 1.82) is 0 Å². The molecule has 3 atom stereocenters. The van der Waals surface area contributed by atoms with Crippen LogP contribution in [0.15, 0.2) is 42.5 Å². The van der Waals surface area contributed by atoms with Crippen LogP contribution in [0.25, 0.3) is 0 Å². The molecule has 230 valence electrons. The summed E-state index contributed by atoms with van der Waals surface area (Å²) in [7, 11) is 3.72. The van der Waals surface area contributed by atoms with Crippen molar-refractivity contribution >= 4 is 17.5 Å². The van der Waals surface area contributed by atoms with Crippen molar-refractivity contribution in [2.45, 2.75) is 45.4 Å². The number of fused-ring (bicyclic) bond motifs is 1. The molecule has 2 aromatic carbocycles. The van der Waals surface area contributed by atoms with Crippen molar-refractivity contribution in [2.24, 2.45) is 5.92 Å². The molecule has 2 N–H and O–H groups in total. The van der Waals surface area contributed by atoms with Crippen molar-refractivity contribution in [3.8, 4) is 11.5 Å². The number of nitrogens with zero attached hydrogens (tertiary/aromatic N) is 3. The second-order valence-electron chi connectivity index (χ2n) is 11.5. The van der Waals surface area contributed by atoms with Gasteiger partial charge in [-0.2, -0.15) is 0 Å². The Labute approximate surface area is 249 Å². The summed E-state index contributed by atoms with van der Waals surface area (Å²) < 4.78 is 17.3. The van der Waals surface area contributed by atoms with Gasteiger partial charge in [0.05, 0.1) is 39.4 Å². The lowest BCUT2D eigenvalue weighted by molar-refractivity contribution is -0.134. The Morgan fingerprint density at radius 3 is 2.62 bits per heavy atom. The van der Waals surface area contributed by atoms with Crippen molar-refractivity contribution in [2.75, 3.05) is 72.0 Å². The number of aliphatic hydroxyl groups excluding tert-OH is 1. The van der Waals surface area contributed by atoms with Gasteiger partial charge in [0.1, 0.15) is 17.6 Å². The van der Waals surface area contributed by atoms with Crippen molar-refractivity contribution < 1.29 is 28.9 Å². The van der Waals surface area contributed by atoms with Crippen LogP contribution < -0.4 is 14.8 Å². The molecular weight excluding hydrogens is 536 g/mol. The summed E-state index contributed by atoms with van der Waals surface area (Å²) in [5, 5.41) is 12.9. The van der Waals surface area contributed by atoms with Crippen LogP contribution in [0.3, 0.4) is 0 Å². The number of morpholine rings is 1. The molecule has 0 aliphatic carbocycles. The number of aliphatic hydroxyl groups is 1. The van der Waals surface area contributed by atoms with Crippen LogP contribution in [0, 0.1) is 5.92 Å². The van der Waals surface area contributed by atoms with E-state index in [0.717, 1.165) is 36.5 Å². The summed E-state index contributed by atoms with van der Waals surface area (Å²) in [5.41, 5.74) is 2.52. The third-order valence-electron chi connectivity index (χ3n) is 8.06. The first-order chi connectivity index (χ1) is 20.2. The van der Waals surface area contributed by atoms with E-state index in [1.54, 1.807) is 12.0 Å². The third-order valence-corrected chi connectivity index (χ3v) is 8.06. The number of carbonyl (C=O) groups excluding carboxylic acids is 2. The van der Waals surface area contributed by atoms with E-state index in [1.807, 2.05) is 37.3 Å². The van der Waals surface area contributed by atoms with Gasteiger partial charge in [0.25, 0.3) is 0 Å². The fraction of sp³-hybridized carbons (Fsp3) is 0.562. The maximum Gasteiger partial charge on any atom is 0.227 e. The third kappa shape index (κ3) is 8.91. The van der Waals surface area contributed by atoms with E-state index >= 15 is 0 Å². The number of ether oxygens (including phenoxy) is 3. The van der Waals surface area contributed by atoms with Gasteiger partial charge in [0.2, 0.25) is 11.8 Å². The number of hydrogen-bond donors (Lipinski definition) is 2. The fourth-order valence-electron chi connectivity index (χ4n) is 5.45. The highest BCUT2D eigenvalue weighted by Gasteiger charge is 2.31. The number of anilines is 1. The number of hydrogen-bond acceptors (Lipinski definition) is 8. The molecule has 2 heterocycles. The Hall–Kier alpha value is -3.18. The number of nitrogens with one attached hydrogen (secondary N) is 1. The predicted molar refractivity (Wildman–Crippen MR) is 162 cm³/mol. The molecular formula is C32H46N4O6. The molecule has 2 amide bonds. The number of methoxy groups -OCH3 is 1. The maximum absolute atomic E-state index is 13.5. The number of carbonyl (C=O) groups is 2. The zero-order valence-electron chi connectivity index (χ0n) is 25.4. The molecule has 10 heteroatoms. The molecule has 0 aromatic heterocycles. The van der Waals surface area contributed by atoms with Crippen molar-refractivity contribution in [1.82, 2.24) is 14.7 Å². The van der Waals surface area contributed by atoms with Gasteiger partial charge in [-0.3, -0.25) is 19.4 Å². The molecule has 0 spiro atoms. The van der Waals surface area contributed by atoms with E-state index in [4.69, 9.17) is 14.2 Å². The standard InChI is InChI=1S/C32H46N4O6/c1-23-19-36(24(2)22-37)32(39)18-26-17-27(33-31(38)11-12-35-13-15-41-16-14-35)7-10-29(26)42-30(23)21-34(3)20-25-5-8-28(40-4)9-6-25/h5-10,17,23-24,30,37H,11-16,18-22H2,1-4H3,(H,33,38)/t23-,24-,30+/m1/s1. The molecule has 0 unspecified atom stereocenters. The Kier molecular flexibility index (Phi) is 11.6. The van der Waals surface area contributed by atoms with Gasteiger partial charge in [-0.15, -0.1) is 0 Å². The van der Waals surface area contributed by atoms with E-state index < -0.39 is 0 Å². The monoisotopic (exact) mass is 582 g/mol. The molecule has 0 bridgehead atoms. The zero-order chi connectivity index (χ0) is 30.1. The van der Waals surface area contributed by atoms with Gasteiger partial charge in [0.15, 0.2) is 0 Å². The van der Waals surface area contributed by atoms with Gasteiger partial charge < -0.3 is 29.5 Å². The highest BCUT2D eigenvalue weighted by molar-refractivity contribution is 5.91. The minimum absolute atomic E-state index is 0.00628. The lowest BCUT2D eigenvalue weighted by Gasteiger charge is -2.34. The average Bonchev–Trinajstić information content (AvgIpc) is 3.04. The Morgan fingerprint density at radius 2 is 1.93 bits per heavy atom. The molecule has 0 saturated carbocycles. The molecule has 4 rings (SSSR count). The lowest BCUT2D eigenvalue weighted by atomic mass is 10.0. The SMILES string of the molecule is COc1ccc(CN(C)C[C@@H]2Oc3ccc(NC(=O)CCN4CCOCC4)cc3CC(=O)N([C@H](C)CO)C[C@H]2C)cc1. The average molecular weight is 583 g/mol. The molecule has 0 radical (unpaired) electrons. The smallest absolute Gasteiger partial charge is 0.227 e. The van der Waals surface area contributed by atoms with E-state index in [0.29, 0.717) is 50.7 Å². The van der Waals surface area contributed by atoms with E-state index in [-0.39, 0.29) is 42.9 Å². The van der Waals surface area contributed by atoms with Crippen LogP contribution in [0.1, 0.15) is 31.4 Å². The predicted octanol–water partition coefficient (Wildman–Crippen LogP) is 2.64. The topological polar surface area (TPSA) is 104 Å². The van der Waals surface area contributed by atoms with Crippen LogP contribution in [0.5, 0.6) is 11.5 Å². The summed E-state index contributed by atoms with van der Waals surface area (Å²) in [6.45, 7) is 9.42. The number of likely N-dealkylation sites (N-methyl/N-ethyl adjacent to an activating group) is 1. The van der Waals surface area contributed by atoms with E-state index in [9.17, 15) is 14.7 Å². The van der Waals surface area contributed by atoms with Crippen molar-refractivity contribution in [3.63, 3.8) is 0 Å². The second kappa shape index (κ2) is 15.3. The minimum Gasteiger partial charge on any atom is -0.497 e. The summed E-state index contributed by atoms with van der Waals surface area (Å²) in [5.74, 6) is 1.33. The molecule has 2 aromatic rings. The summed E-state index contributed by atoms with van der Waals surface area (Å²) >= 11 is 0. The molecule has 2 aliphatic rings. The largest absolute Gasteiger partial charge is 0.497 e. The first-order valence-electron chi connectivity index (χ1n) is 14.9. The first kappa shape index (κ1) is 31.7. The highest BCUT2D eigenvalue weighted by atomic mass is 16.5. The summed E-state index contributed by atoms with van der Waals surface area (Å²) in [6.07, 6.45) is 0.299. The minimum atomic E-state index is -0.317. The quantitative estimate of drug-likeness (QED) is 0.417. The Bertz CT molecular complexity index is 1170. The normalized spacial score (nSPS) is 20.6.